The van der Waals surface area contributed by atoms with Crippen molar-refractivity contribution in [1.82, 2.24) is 9.78 Å². The van der Waals surface area contributed by atoms with Gasteiger partial charge in [0, 0.05) is 19.4 Å². The zero-order chi connectivity index (χ0) is 13.8. The van der Waals surface area contributed by atoms with Crippen LogP contribution in [0, 0.1) is 11.3 Å². The van der Waals surface area contributed by atoms with Crippen molar-refractivity contribution in [3.8, 4) is 6.07 Å². The lowest BCUT2D eigenvalue weighted by atomic mass is 10.1. The Bertz CT molecular complexity index is 613. The average molecular weight is 254 g/mol. The van der Waals surface area contributed by atoms with Gasteiger partial charge in [0.25, 0.3) is 5.91 Å². The second-order valence-electron chi connectivity index (χ2n) is 4.19. The minimum absolute atomic E-state index is 0.119. The number of rotatable bonds is 3. The molecule has 0 saturated carbocycles. The lowest BCUT2D eigenvalue weighted by Crippen LogP contribution is -2.33. The molecular formula is C14H14N4O. The van der Waals surface area contributed by atoms with Gasteiger partial charge in [-0.2, -0.15) is 10.4 Å². The molecule has 0 saturated heterocycles. The van der Waals surface area contributed by atoms with E-state index in [1.54, 1.807) is 61.4 Å². The highest BCUT2D eigenvalue weighted by Crippen LogP contribution is 2.21. The molecule has 0 aliphatic carbocycles. The molecule has 0 radical (unpaired) electrons. The third-order valence-corrected chi connectivity index (χ3v) is 3.00. The molecule has 5 heteroatoms. The normalized spacial score (nSPS) is 11.6. The fourth-order valence-corrected chi connectivity index (χ4v) is 1.88. The summed E-state index contributed by atoms with van der Waals surface area (Å²) in [6.45, 7) is 1.78. The van der Waals surface area contributed by atoms with E-state index in [0.717, 1.165) is 0 Å². The van der Waals surface area contributed by atoms with Gasteiger partial charge in [0.15, 0.2) is 0 Å². The van der Waals surface area contributed by atoms with E-state index in [0.29, 0.717) is 11.3 Å². The Balaban J connectivity index is 2.27. The standard InChI is InChI=1S/C14H14N4O/c1-11(18-9-5-8-16-18)14(19)17(2)13-7-4-3-6-12(13)10-15/h3-9,11H,1-2H3. The summed E-state index contributed by atoms with van der Waals surface area (Å²) in [6.07, 6.45) is 3.37. The minimum atomic E-state index is -0.410. The molecule has 2 aromatic rings. The Morgan fingerprint density at radius 1 is 1.42 bits per heavy atom. The minimum Gasteiger partial charge on any atom is -0.312 e. The number of aromatic nitrogens is 2. The maximum atomic E-state index is 12.4. The van der Waals surface area contributed by atoms with Crippen molar-refractivity contribution >= 4 is 11.6 Å². The topological polar surface area (TPSA) is 61.9 Å². The summed E-state index contributed by atoms with van der Waals surface area (Å²) < 4.78 is 1.59. The van der Waals surface area contributed by atoms with Gasteiger partial charge in [0.2, 0.25) is 0 Å². The third-order valence-electron chi connectivity index (χ3n) is 3.00. The predicted molar refractivity (Wildman–Crippen MR) is 71.5 cm³/mol. The van der Waals surface area contributed by atoms with Crippen LogP contribution in [0.1, 0.15) is 18.5 Å². The number of hydrogen-bond acceptors (Lipinski definition) is 3. The van der Waals surface area contributed by atoms with Crippen LogP contribution in [0.5, 0.6) is 0 Å². The molecule has 1 aromatic heterocycles. The fourth-order valence-electron chi connectivity index (χ4n) is 1.88. The molecule has 0 fully saturated rings. The Morgan fingerprint density at radius 2 is 2.16 bits per heavy atom. The van der Waals surface area contributed by atoms with Gasteiger partial charge in [0.05, 0.1) is 11.3 Å². The number of benzene rings is 1. The Hall–Kier alpha value is -2.61. The molecule has 0 bridgehead atoms. The predicted octanol–water partition coefficient (Wildman–Crippen LogP) is 1.98. The highest BCUT2D eigenvalue weighted by Gasteiger charge is 2.21. The molecule has 0 aliphatic rings. The SMILES string of the molecule is CC(C(=O)N(C)c1ccccc1C#N)n1cccn1. The molecule has 96 valence electrons. The van der Waals surface area contributed by atoms with Crippen molar-refractivity contribution in [3.63, 3.8) is 0 Å². The van der Waals surface area contributed by atoms with E-state index in [9.17, 15) is 4.79 Å². The van der Waals surface area contributed by atoms with Gasteiger partial charge < -0.3 is 4.90 Å². The number of carbonyl (C=O) groups excluding carboxylic acids is 1. The van der Waals surface area contributed by atoms with Crippen LogP contribution in [0.3, 0.4) is 0 Å². The van der Waals surface area contributed by atoms with Gasteiger partial charge in [-0.05, 0) is 25.1 Å². The molecule has 5 nitrogen and oxygen atoms in total. The van der Waals surface area contributed by atoms with E-state index in [2.05, 4.69) is 11.2 Å². The van der Waals surface area contributed by atoms with Crippen LogP contribution in [-0.2, 0) is 4.79 Å². The molecule has 1 amide bonds. The number of nitriles is 1. The van der Waals surface area contributed by atoms with Gasteiger partial charge in [-0.1, -0.05) is 12.1 Å². The third kappa shape index (κ3) is 2.47. The van der Waals surface area contributed by atoms with Gasteiger partial charge in [-0.25, -0.2) is 0 Å². The van der Waals surface area contributed by atoms with Crippen molar-refractivity contribution in [2.75, 3.05) is 11.9 Å². The van der Waals surface area contributed by atoms with Crippen LogP contribution < -0.4 is 4.90 Å². The van der Waals surface area contributed by atoms with E-state index in [4.69, 9.17) is 5.26 Å². The largest absolute Gasteiger partial charge is 0.312 e. The second kappa shape index (κ2) is 5.36. The van der Waals surface area contributed by atoms with Gasteiger partial charge >= 0.3 is 0 Å². The van der Waals surface area contributed by atoms with Crippen molar-refractivity contribution in [3.05, 3.63) is 48.3 Å². The average Bonchev–Trinajstić information content (AvgIpc) is 2.99. The van der Waals surface area contributed by atoms with Crippen molar-refractivity contribution in [2.24, 2.45) is 0 Å². The molecule has 0 spiro atoms. The molecule has 0 aliphatic heterocycles. The summed E-state index contributed by atoms with van der Waals surface area (Å²) in [5, 5.41) is 13.1. The second-order valence-corrected chi connectivity index (χ2v) is 4.19. The quantitative estimate of drug-likeness (QED) is 0.841. The summed E-state index contributed by atoms with van der Waals surface area (Å²) in [5.74, 6) is -0.119. The van der Waals surface area contributed by atoms with E-state index in [-0.39, 0.29) is 5.91 Å². The van der Waals surface area contributed by atoms with Crippen LogP contribution in [0.4, 0.5) is 5.69 Å². The lowest BCUT2D eigenvalue weighted by molar-refractivity contribution is -0.121. The first-order valence-electron chi connectivity index (χ1n) is 5.91. The number of para-hydroxylation sites is 1. The number of likely N-dealkylation sites (N-methyl/N-ethyl adjacent to an activating group) is 1. The van der Waals surface area contributed by atoms with E-state index in [1.165, 1.54) is 4.90 Å². The lowest BCUT2D eigenvalue weighted by Gasteiger charge is -2.22. The zero-order valence-electron chi connectivity index (χ0n) is 10.8. The molecular weight excluding hydrogens is 240 g/mol. The first kappa shape index (κ1) is 12.8. The summed E-state index contributed by atoms with van der Waals surface area (Å²) in [7, 11) is 1.67. The van der Waals surface area contributed by atoms with Gasteiger partial charge in [-0.15, -0.1) is 0 Å². The number of nitrogens with zero attached hydrogens (tertiary/aromatic N) is 4. The maximum Gasteiger partial charge on any atom is 0.251 e. The number of amides is 1. The van der Waals surface area contributed by atoms with Crippen LogP contribution in [0.15, 0.2) is 42.7 Å². The number of carbonyl (C=O) groups is 1. The van der Waals surface area contributed by atoms with Crippen LogP contribution in [0.25, 0.3) is 0 Å². The van der Waals surface area contributed by atoms with Crippen LogP contribution in [0.2, 0.25) is 0 Å². The first-order valence-corrected chi connectivity index (χ1v) is 5.91. The number of anilines is 1. The van der Waals surface area contributed by atoms with Crippen molar-refractivity contribution in [2.45, 2.75) is 13.0 Å². The Morgan fingerprint density at radius 3 is 2.79 bits per heavy atom. The molecule has 1 unspecified atom stereocenters. The molecule has 1 heterocycles. The maximum absolute atomic E-state index is 12.4. The van der Waals surface area contributed by atoms with Crippen molar-refractivity contribution < 1.29 is 4.79 Å². The molecule has 19 heavy (non-hydrogen) atoms. The first-order chi connectivity index (χ1) is 9.15. The highest BCUT2D eigenvalue weighted by molar-refractivity contribution is 5.96. The zero-order valence-corrected chi connectivity index (χ0v) is 10.8. The van der Waals surface area contributed by atoms with Gasteiger partial charge in [0.1, 0.15) is 12.1 Å². The van der Waals surface area contributed by atoms with Crippen LogP contribution >= 0.6 is 0 Å². The van der Waals surface area contributed by atoms with Crippen molar-refractivity contribution in [1.29, 1.82) is 5.26 Å². The van der Waals surface area contributed by atoms with E-state index >= 15 is 0 Å². The molecule has 1 aromatic carbocycles. The van der Waals surface area contributed by atoms with E-state index < -0.39 is 6.04 Å². The monoisotopic (exact) mass is 254 g/mol. The van der Waals surface area contributed by atoms with Crippen LogP contribution in [-0.4, -0.2) is 22.7 Å². The fraction of sp³-hybridized carbons (Fsp3) is 0.214. The summed E-state index contributed by atoms with van der Waals surface area (Å²) in [5.41, 5.74) is 1.08. The van der Waals surface area contributed by atoms with Gasteiger partial charge in [-0.3, -0.25) is 9.48 Å². The summed E-state index contributed by atoms with van der Waals surface area (Å²) in [4.78, 5) is 13.9. The molecule has 0 N–H and O–H groups in total. The summed E-state index contributed by atoms with van der Waals surface area (Å²) in [6, 6.07) is 10.5. The highest BCUT2D eigenvalue weighted by atomic mass is 16.2. The van der Waals surface area contributed by atoms with E-state index in [1.807, 2.05) is 0 Å². The molecule has 2 rings (SSSR count). The Labute approximate surface area is 111 Å². The number of hydrogen-bond donors (Lipinski definition) is 0. The smallest absolute Gasteiger partial charge is 0.251 e. The Kier molecular flexibility index (Phi) is 3.62. The molecule has 1 atom stereocenters. The summed E-state index contributed by atoms with van der Waals surface area (Å²) >= 11 is 0.